The van der Waals surface area contributed by atoms with Crippen molar-refractivity contribution in [3.63, 3.8) is 0 Å². The highest BCUT2D eigenvalue weighted by atomic mass is 32.2. The zero-order valence-electron chi connectivity index (χ0n) is 38.4. The van der Waals surface area contributed by atoms with Gasteiger partial charge in [0.25, 0.3) is 0 Å². The molecule has 344 valence electrons. The van der Waals surface area contributed by atoms with Gasteiger partial charge in [-0.2, -0.15) is 0 Å². The Labute approximate surface area is 372 Å². The van der Waals surface area contributed by atoms with E-state index >= 15 is 0 Å². The lowest BCUT2D eigenvalue weighted by atomic mass is 9.33. The number of fused-ring (bicyclic) bond motifs is 7. The quantitative estimate of drug-likeness (QED) is 0.232. The van der Waals surface area contributed by atoms with Crippen LogP contribution in [0.4, 0.5) is 4.79 Å². The highest BCUT2D eigenvalue weighted by molar-refractivity contribution is 7.91. The number of carbonyl (C=O) groups excluding carboxylic acids is 1. The molecule has 13 heteroatoms. The number of carboxylic acids is 1. The number of aromatic carboxylic acids is 1. The summed E-state index contributed by atoms with van der Waals surface area (Å²) in [5.74, 6) is 1.80. The zero-order valence-corrected chi connectivity index (χ0v) is 40.0. The lowest BCUT2D eigenvalue weighted by molar-refractivity contribution is -0.218. The van der Waals surface area contributed by atoms with Gasteiger partial charge in [-0.1, -0.05) is 65.0 Å². The molecule has 9 atom stereocenters. The van der Waals surface area contributed by atoms with E-state index in [2.05, 4.69) is 69.3 Å². The van der Waals surface area contributed by atoms with Crippen LogP contribution in [-0.4, -0.2) is 130 Å². The summed E-state index contributed by atoms with van der Waals surface area (Å²) in [7, 11) is -6.04. The number of urea groups is 1. The van der Waals surface area contributed by atoms with Crippen LogP contribution in [0.5, 0.6) is 0 Å². The van der Waals surface area contributed by atoms with E-state index in [0.29, 0.717) is 81.6 Å². The van der Waals surface area contributed by atoms with Crippen molar-refractivity contribution >= 4 is 37.2 Å². The number of nitrogens with zero attached hydrogens (tertiary/aromatic N) is 3. The van der Waals surface area contributed by atoms with E-state index in [9.17, 15) is 31.5 Å². The minimum Gasteiger partial charge on any atom is -0.478 e. The summed E-state index contributed by atoms with van der Waals surface area (Å²) < 4.78 is 48.8. The number of carboxylic acid groups (broad SMARTS) is 1. The van der Waals surface area contributed by atoms with Gasteiger partial charge in [0.05, 0.1) is 28.6 Å². The van der Waals surface area contributed by atoms with E-state index in [1.807, 2.05) is 17.0 Å². The molecule has 2 amide bonds. The van der Waals surface area contributed by atoms with Gasteiger partial charge in [-0.15, -0.1) is 0 Å². The Balaban J connectivity index is 1.04. The Morgan fingerprint density at radius 2 is 1.35 bits per heavy atom. The maximum Gasteiger partial charge on any atom is 0.335 e. The second-order valence-electron chi connectivity index (χ2n) is 22.2. The van der Waals surface area contributed by atoms with Crippen LogP contribution in [0.25, 0.3) is 5.57 Å². The van der Waals surface area contributed by atoms with Crippen LogP contribution < -0.4 is 5.32 Å². The van der Waals surface area contributed by atoms with E-state index in [0.717, 1.165) is 50.5 Å². The van der Waals surface area contributed by atoms with E-state index in [-0.39, 0.29) is 62.2 Å². The number of amides is 2. The minimum absolute atomic E-state index is 0.0484. The molecule has 1 aromatic rings. The zero-order chi connectivity index (χ0) is 44.7. The number of carbonyl (C=O) groups is 2. The molecule has 0 radical (unpaired) electrons. The standard InChI is InChI=1S/C49H74N4O7S2/c1-34(2)37-14-19-49(50-44(56)53(24-22-51-26-30-61(57,58)31-27-51)25-23-52-28-32-62(59,60)33-29-52)21-20-47(6)39(42(37)49)12-13-41-46(5)17-15-38(35-8-10-36(11-9-35)43(54)55)45(3,4)40(46)16-18-48(41,47)7/h8-11,15,37,39-42H,1,12-14,16-33H2,2-7H3,(H,50,56)(H,54,55). The summed E-state index contributed by atoms with van der Waals surface area (Å²) in [6, 6.07) is 7.43. The molecule has 6 fully saturated rings. The Morgan fingerprint density at radius 1 is 0.774 bits per heavy atom. The van der Waals surface area contributed by atoms with Gasteiger partial charge >= 0.3 is 12.0 Å². The number of nitrogens with one attached hydrogen (secondary N) is 1. The largest absolute Gasteiger partial charge is 0.478 e. The molecule has 9 unspecified atom stereocenters. The molecule has 2 saturated heterocycles. The van der Waals surface area contributed by atoms with Gasteiger partial charge < -0.3 is 15.3 Å². The van der Waals surface area contributed by atoms with Gasteiger partial charge in [0.1, 0.15) is 0 Å². The van der Waals surface area contributed by atoms with Gasteiger partial charge in [0, 0.05) is 57.9 Å². The molecule has 5 aliphatic carbocycles. The highest BCUT2D eigenvalue weighted by Gasteiger charge is 2.70. The molecule has 2 aliphatic heterocycles. The van der Waals surface area contributed by atoms with Crippen LogP contribution in [0.2, 0.25) is 0 Å². The first kappa shape index (κ1) is 45.8. The maximum atomic E-state index is 14.9. The average Bonchev–Trinajstić information content (AvgIpc) is 3.58. The molecule has 2 N–H and O–H groups in total. The van der Waals surface area contributed by atoms with Crippen LogP contribution in [0.3, 0.4) is 0 Å². The second kappa shape index (κ2) is 16.3. The van der Waals surface area contributed by atoms with E-state index < -0.39 is 25.6 Å². The molecule has 0 spiro atoms. The van der Waals surface area contributed by atoms with Gasteiger partial charge in [-0.3, -0.25) is 9.80 Å². The summed E-state index contributed by atoms with van der Waals surface area (Å²) in [4.78, 5) is 32.8. The van der Waals surface area contributed by atoms with Gasteiger partial charge in [0.2, 0.25) is 0 Å². The first-order valence-corrected chi connectivity index (χ1v) is 27.3. The molecule has 0 bridgehead atoms. The summed E-state index contributed by atoms with van der Waals surface area (Å²) in [6.45, 7) is 23.6. The first-order chi connectivity index (χ1) is 29.0. The lowest BCUT2D eigenvalue weighted by Gasteiger charge is -2.72. The Hall–Kier alpha value is -2.74. The van der Waals surface area contributed by atoms with Crippen molar-refractivity contribution in [1.29, 1.82) is 0 Å². The number of rotatable bonds is 10. The molecule has 11 nitrogen and oxygen atoms in total. The fourth-order valence-electron chi connectivity index (χ4n) is 15.3. The monoisotopic (exact) mass is 894 g/mol. The van der Waals surface area contributed by atoms with Crippen LogP contribution in [0.15, 0.2) is 42.5 Å². The normalized spacial score (nSPS) is 38.6. The van der Waals surface area contributed by atoms with Crippen molar-refractivity contribution in [3.8, 4) is 0 Å². The van der Waals surface area contributed by atoms with Crippen LogP contribution >= 0.6 is 0 Å². The number of hydrogen-bond acceptors (Lipinski definition) is 8. The molecular weight excluding hydrogens is 821 g/mol. The predicted molar refractivity (Wildman–Crippen MR) is 246 cm³/mol. The fourth-order valence-corrected chi connectivity index (χ4v) is 17.9. The van der Waals surface area contributed by atoms with Gasteiger partial charge in [-0.05, 0) is 139 Å². The van der Waals surface area contributed by atoms with E-state index in [1.165, 1.54) is 24.0 Å². The van der Waals surface area contributed by atoms with E-state index in [1.54, 1.807) is 12.1 Å². The number of hydrogen-bond donors (Lipinski definition) is 2. The summed E-state index contributed by atoms with van der Waals surface area (Å²) in [5, 5.41) is 13.3. The second-order valence-corrected chi connectivity index (χ2v) is 26.8. The molecule has 7 aliphatic rings. The SMILES string of the molecule is C=C(C)C1CCC2(NC(=O)N(CCN3CCS(=O)(=O)CC3)CCN3CCS(=O)(=O)CC3)CCC3(C)C(CCC4C5(C)CC=C(c6ccc(C(=O)O)cc6)C(C)(C)C5CCC43C)C12. The van der Waals surface area contributed by atoms with Crippen molar-refractivity contribution in [2.75, 3.05) is 75.4 Å². The Kier molecular flexibility index (Phi) is 12.0. The molecule has 62 heavy (non-hydrogen) atoms. The van der Waals surface area contributed by atoms with E-state index in [4.69, 9.17) is 0 Å². The average molecular weight is 895 g/mol. The molecule has 0 aromatic heterocycles. The van der Waals surface area contributed by atoms with Crippen molar-refractivity contribution in [2.45, 2.75) is 105 Å². The van der Waals surface area contributed by atoms with Crippen molar-refractivity contribution < 1.29 is 31.5 Å². The molecule has 8 rings (SSSR count). The lowest BCUT2D eigenvalue weighted by Crippen LogP contribution is -2.69. The third-order valence-corrected chi connectivity index (χ3v) is 22.2. The molecule has 4 saturated carbocycles. The number of sulfone groups is 2. The van der Waals surface area contributed by atoms with Crippen molar-refractivity contribution in [2.24, 2.45) is 51.2 Å². The summed E-state index contributed by atoms with van der Waals surface area (Å²) >= 11 is 0. The van der Waals surface area contributed by atoms with Crippen LogP contribution in [0.1, 0.15) is 115 Å². The number of benzene rings is 1. The van der Waals surface area contributed by atoms with Crippen LogP contribution in [0, 0.1) is 51.2 Å². The van der Waals surface area contributed by atoms with Gasteiger partial charge in [0.15, 0.2) is 19.7 Å². The predicted octanol–water partition coefficient (Wildman–Crippen LogP) is 7.26. The van der Waals surface area contributed by atoms with Crippen molar-refractivity contribution in [1.82, 2.24) is 20.0 Å². The smallest absolute Gasteiger partial charge is 0.335 e. The Bertz CT molecular complexity index is 2110. The third kappa shape index (κ3) is 7.92. The topological polar surface area (TPSA) is 144 Å². The maximum absolute atomic E-state index is 14.9. The molecular formula is C49H74N4O7S2. The molecule has 1 aromatic carbocycles. The highest BCUT2D eigenvalue weighted by Crippen LogP contribution is 2.76. The molecule has 2 heterocycles. The first-order valence-electron chi connectivity index (χ1n) is 23.7. The third-order valence-electron chi connectivity index (χ3n) is 19.0. The minimum atomic E-state index is -3.02. The number of allylic oxidation sites excluding steroid dienone is 3. The fraction of sp³-hybridized carbons (Fsp3) is 0.755. The van der Waals surface area contributed by atoms with Gasteiger partial charge in [-0.25, -0.2) is 26.4 Å². The Morgan fingerprint density at radius 3 is 1.90 bits per heavy atom. The van der Waals surface area contributed by atoms with Crippen molar-refractivity contribution in [3.05, 3.63) is 53.6 Å². The van der Waals surface area contributed by atoms with Crippen LogP contribution in [-0.2, 0) is 19.7 Å². The summed E-state index contributed by atoms with van der Waals surface area (Å²) in [6.07, 6.45) is 12.1. The summed E-state index contributed by atoms with van der Waals surface area (Å²) in [5.41, 5.74) is 3.94.